The minimum absolute atomic E-state index is 0.0449. The van der Waals surface area contributed by atoms with Crippen molar-refractivity contribution in [2.24, 2.45) is 5.92 Å². The van der Waals surface area contributed by atoms with Crippen LogP contribution in [-0.4, -0.2) is 60.8 Å². The summed E-state index contributed by atoms with van der Waals surface area (Å²) in [5.41, 5.74) is 1.25. The molecule has 0 unspecified atom stereocenters. The Morgan fingerprint density at radius 2 is 1.41 bits per heavy atom. The SMILES string of the molecule is COC(C(=O)OCCC(C)C)=C(OC)c1c(C)c(O[Si](C)(C)C)c(O[Si](C)(C)C)c([Si])c1OC. The first-order valence-electron chi connectivity index (χ1n) is 11.4. The Balaban J connectivity index is 3.90. The Morgan fingerprint density at radius 3 is 1.82 bits per heavy atom. The highest BCUT2D eigenvalue weighted by molar-refractivity contribution is 6.71. The number of methoxy groups -OCH3 is 3. The predicted octanol–water partition coefficient (Wildman–Crippen LogP) is 4.78. The van der Waals surface area contributed by atoms with E-state index in [1.807, 2.05) is 6.92 Å². The quantitative estimate of drug-likeness (QED) is 0.168. The maximum Gasteiger partial charge on any atom is 0.377 e. The van der Waals surface area contributed by atoms with E-state index in [0.717, 1.165) is 12.0 Å². The fraction of sp³-hybridized carbons (Fsp3) is 0.625. The van der Waals surface area contributed by atoms with Crippen molar-refractivity contribution in [3.63, 3.8) is 0 Å². The Labute approximate surface area is 210 Å². The van der Waals surface area contributed by atoms with Crippen LogP contribution in [0.4, 0.5) is 0 Å². The fourth-order valence-corrected chi connectivity index (χ4v) is 5.29. The molecule has 34 heavy (non-hydrogen) atoms. The first kappa shape index (κ1) is 30.1. The normalized spacial score (nSPS) is 12.8. The molecular formula is C24H41O7Si3. The van der Waals surface area contributed by atoms with Crippen molar-refractivity contribution in [3.05, 3.63) is 16.9 Å². The highest BCUT2D eigenvalue weighted by Gasteiger charge is 2.33. The molecule has 3 radical (unpaired) electrons. The van der Waals surface area contributed by atoms with Crippen LogP contribution in [0.1, 0.15) is 31.4 Å². The van der Waals surface area contributed by atoms with Gasteiger partial charge in [0, 0.05) is 10.8 Å². The van der Waals surface area contributed by atoms with Gasteiger partial charge in [-0.25, -0.2) is 4.79 Å². The van der Waals surface area contributed by atoms with Gasteiger partial charge in [0.15, 0.2) is 5.76 Å². The first-order chi connectivity index (χ1) is 15.6. The van der Waals surface area contributed by atoms with Crippen LogP contribution >= 0.6 is 0 Å². The summed E-state index contributed by atoms with van der Waals surface area (Å²) in [4.78, 5) is 12.9. The van der Waals surface area contributed by atoms with E-state index in [0.29, 0.717) is 33.9 Å². The molecule has 0 aliphatic carbocycles. The molecule has 0 atom stereocenters. The number of rotatable bonds is 12. The van der Waals surface area contributed by atoms with Gasteiger partial charge in [-0.05, 0) is 58.5 Å². The summed E-state index contributed by atoms with van der Waals surface area (Å²) in [6, 6.07) is 0. The van der Waals surface area contributed by atoms with Crippen LogP contribution in [-0.2, 0) is 19.0 Å². The third kappa shape index (κ3) is 8.09. The van der Waals surface area contributed by atoms with Crippen molar-refractivity contribution in [1.29, 1.82) is 0 Å². The van der Waals surface area contributed by atoms with Gasteiger partial charge in [-0.3, -0.25) is 0 Å². The summed E-state index contributed by atoms with van der Waals surface area (Å²) in [5, 5.41) is 0.581. The van der Waals surface area contributed by atoms with E-state index >= 15 is 0 Å². The molecule has 0 bridgehead atoms. The highest BCUT2D eigenvalue weighted by Crippen LogP contribution is 2.43. The lowest BCUT2D eigenvalue weighted by molar-refractivity contribution is -0.143. The second kappa shape index (κ2) is 12.2. The minimum atomic E-state index is -2.05. The summed E-state index contributed by atoms with van der Waals surface area (Å²) in [5.74, 6) is 1.59. The number of esters is 1. The lowest BCUT2D eigenvalue weighted by atomic mass is 10.0. The molecule has 0 N–H and O–H groups in total. The highest BCUT2D eigenvalue weighted by atomic mass is 28.4. The average molecular weight is 526 g/mol. The third-order valence-corrected chi connectivity index (χ3v) is 6.67. The molecule has 1 rings (SSSR count). The van der Waals surface area contributed by atoms with E-state index in [-0.39, 0.29) is 18.1 Å². The maximum absolute atomic E-state index is 12.9. The molecule has 0 spiro atoms. The molecule has 0 saturated carbocycles. The first-order valence-corrected chi connectivity index (χ1v) is 18.7. The average Bonchev–Trinajstić information content (AvgIpc) is 2.69. The van der Waals surface area contributed by atoms with Crippen LogP contribution < -0.4 is 18.8 Å². The molecular weight excluding hydrogens is 485 g/mol. The van der Waals surface area contributed by atoms with Crippen molar-refractivity contribution in [1.82, 2.24) is 0 Å². The van der Waals surface area contributed by atoms with Crippen LogP contribution in [0.15, 0.2) is 5.76 Å². The molecule has 0 aliphatic rings. The summed E-state index contributed by atoms with van der Waals surface area (Å²) in [6.45, 7) is 18.9. The lowest BCUT2D eigenvalue weighted by Crippen LogP contribution is -2.35. The molecule has 0 fully saturated rings. The van der Waals surface area contributed by atoms with Gasteiger partial charge >= 0.3 is 5.97 Å². The fourth-order valence-electron chi connectivity index (χ4n) is 3.14. The predicted molar refractivity (Wildman–Crippen MR) is 142 cm³/mol. The van der Waals surface area contributed by atoms with Gasteiger partial charge < -0.3 is 27.8 Å². The standard InChI is InChI=1S/C24H41O7Si3/c1-15(2)13-14-29-24(25)22(28-6)19(26-4)17-16(3)18(30-33(7,8)9)21(31-34(10,11)12)23(32)20(17)27-5/h15H,13-14H2,1-12H3. The summed E-state index contributed by atoms with van der Waals surface area (Å²) in [6.07, 6.45) is 0.746. The second-order valence-corrected chi connectivity index (χ2v) is 19.7. The Morgan fingerprint density at radius 1 is 0.882 bits per heavy atom. The largest absolute Gasteiger partial charge is 0.542 e. The van der Waals surface area contributed by atoms with Crippen molar-refractivity contribution < 1.29 is 32.6 Å². The van der Waals surface area contributed by atoms with Gasteiger partial charge in [0.25, 0.3) is 0 Å². The van der Waals surface area contributed by atoms with Crippen LogP contribution in [0.25, 0.3) is 5.76 Å². The number of hydrogen-bond donors (Lipinski definition) is 0. The van der Waals surface area contributed by atoms with Crippen molar-refractivity contribution in [3.8, 4) is 17.2 Å². The van der Waals surface area contributed by atoms with Crippen molar-refractivity contribution in [2.75, 3.05) is 27.9 Å². The zero-order chi connectivity index (χ0) is 26.4. The van der Waals surface area contributed by atoms with Gasteiger partial charge in [0.2, 0.25) is 22.4 Å². The maximum atomic E-state index is 12.9. The van der Waals surface area contributed by atoms with Crippen LogP contribution in [0.5, 0.6) is 17.2 Å². The molecule has 1 aromatic carbocycles. The number of ether oxygens (including phenoxy) is 4. The van der Waals surface area contributed by atoms with Gasteiger partial charge in [-0.2, -0.15) is 0 Å². The molecule has 7 nitrogen and oxygen atoms in total. The smallest absolute Gasteiger partial charge is 0.377 e. The van der Waals surface area contributed by atoms with E-state index in [9.17, 15) is 4.79 Å². The van der Waals surface area contributed by atoms with Crippen molar-refractivity contribution in [2.45, 2.75) is 66.5 Å². The topological polar surface area (TPSA) is 72.5 Å². The molecule has 0 saturated heterocycles. The zero-order valence-electron chi connectivity index (χ0n) is 22.8. The Bertz CT molecular complexity index is 898. The van der Waals surface area contributed by atoms with Crippen LogP contribution in [0.3, 0.4) is 0 Å². The molecule has 10 heteroatoms. The summed E-state index contributed by atoms with van der Waals surface area (Å²) >= 11 is 0. The molecule has 1 aromatic rings. The van der Waals surface area contributed by atoms with Crippen LogP contribution in [0, 0.1) is 12.8 Å². The zero-order valence-corrected chi connectivity index (χ0v) is 25.8. The van der Waals surface area contributed by atoms with E-state index in [2.05, 4.69) is 63.4 Å². The molecule has 191 valence electrons. The van der Waals surface area contributed by atoms with Gasteiger partial charge in [-0.1, -0.05) is 13.8 Å². The number of carbonyl (C=O) groups excluding carboxylic acids is 1. The summed E-state index contributed by atoms with van der Waals surface area (Å²) in [7, 11) is 4.13. The number of benzene rings is 1. The monoisotopic (exact) mass is 525 g/mol. The molecule has 0 aromatic heterocycles. The van der Waals surface area contributed by atoms with Gasteiger partial charge in [0.05, 0.1) is 43.7 Å². The van der Waals surface area contributed by atoms with Crippen LogP contribution in [0.2, 0.25) is 39.3 Å². The second-order valence-electron chi connectivity index (χ2n) is 10.4. The number of hydrogen-bond acceptors (Lipinski definition) is 7. The van der Waals surface area contributed by atoms with E-state index in [1.165, 1.54) is 14.2 Å². The molecule has 0 heterocycles. The van der Waals surface area contributed by atoms with E-state index < -0.39 is 22.6 Å². The van der Waals surface area contributed by atoms with Gasteiger partial charge in [-0.15, -0.1) is 0 Å². The number of carbonyl (C=O) groups is 1. The minimum Gasteiger partial charge on any atom is -0.542 e. The van der Waals surface area contributed by atoms with E-state index in [1.54, 1.807) is 7.11 Å². The summed E-state index contributed by atoms with van der Waals surface area (Å²) < 4.78 is 35.4. The lowest BCUT2D eigenvalue weighted by Gasteiger charge is -2.31. The third-order valence-electron chi connectivity index (χ3n) is 4.58. The Kier molecular flexibility index (Phi) is 10.8. The molecule has 0 aliphatic heterocycles. The van der Waals surface area contributed by atoms with Gasteiger partial charge in [0.1, 0.15) is 17.2 Å². The Hall–Kier alpha value is -1.92. The van der Waals surface area contributed by atoms with Crippen molar-refractivity contribution >= 4 is 43.8 Å². The van der Waals surface area contributed by atoms with E-state index in [4.69, 9.17) is 27.8 Å². The molecule has 0 amide bonds.